The van der Waals surface area contributed by atoms with Crippen LogP contribution in [-0.4, -0.2) is 124 Å². The molecule has 1 saturated heterocycles. The Hall–Kier alpha value is -4.11. The number of methoxy groups -OCH3 is 3. The lowest BCUT2D eigenvalue weighted by Gasteiger charge is -2.30. The van der Waals surface area contributed by atoms with Crippen LogP contribution in [0.5, 0.6) is 0 Å². The van der Waals surface area contributed by atoms with Crippen LogP contribution in [-0.2, 0) is 33.3 Å². The fourth-order valence-corrected chi connectivity index (χ4v) is 6.04. The number of allylic oxidation sites excluding steroid dienone is 4. The number of nitrogens with two attached hydrogens (primary N) is 1. The molecule has 2 amide bonds. The third-order valence-electron chi connectivity index (χ3n) is 8.97. The lowest BCUT2D eigenvalue weighted by molar-refractivity contribution is -0.121. The summed E-state index contributed by atoms with van der Waals surface area (Å²) in [6.07, 6.45) is 3.71. The Morgan fingerprint density at radius 3 is 2.33 bits per heavy atom. The van der Waals surface area contributed by atoms with Gasteiger partial charge in [-0.2, -0.15) is 5.10 Å². The van der Waals surface area contributed by atoms with E-state index in [0.29, 0.717) is 25.1 Å². The Bertz CT molecular complexity index is 1440. The van der Waals surface area contributed by atoms with Crippen molar-refractivity contribution in [2.75, 3.05) is 54.6 Å². The molecule has 2 aliphatic heterocycles. The highest BCUT2D eigenvalue weighted by atomic mass is 16.6. The van der Waals surface area contributed by atoms with Crippen molar-refractivity contribution in [2.24, 2.45) is 22.7 Å². The number of carbonyl (C=O) groups excluding carboxylic acids is 4. The van der Waals surface area contributed by atoms with Crippen molar-refractivity contribution in [1.82, 2.24) is 15.2 Å². The lowest BCUT2D eigenvalue weighted by atomic mass is 9.84. The number of piperazine rings is 1. The number of Topliss-reactive ketones (excluding diaryl/α,β-unsaturated/α-hetero) is 2. The zero-order valence-electron chi connectivity index (χ0n) is 29.7. The number of ether oxygens (including phenoxy) is 4. The number of hydrogen-bond acceptors (Lipinski definition) is 12. The lowest BCUT2D eigenvalue weighted by Crippen LogP contribution is -2.42. The smallest absolute Gasteiger partial charge is 0.405 e. The number of nitrogens with one attached hydrogen (secondary N) is 1. The van der Waals surface area contributed by atoms with Crippen molar-refractivity contribution in [2.45, 2.75) is 65.0 Å². The standard InChI is InChI=1S/C35H51N5O9/c1-20-16-24-30(42)28(25(31(43)33(24)48-8)19-37-40-14-12-39(5)13-15-40)38-34(44)21(2)10-9-11-26(46-6)32(49-35(36)45)23(4)18-22(3)29(41)27(17-20)47-7/h9-11,18-20,22,26-27,29,32,41H,12-17H2,1-8H3,(H2,36,45)(H,38,44)/b11-9-,21-10-,23-18-,37-19+. The Balaban J connectivity index is 2.14. The van der Waals surface area contributed by atoms with E-state index in [1.54, 1.807) is 44.0 Å². The molecule has 0 aromatic rings. The second-order valence-corrected chi connectivity index (χ2v) is 12.8. The fourth-order valence-electron chi connectivity index (χ4n) is 6.04. The molecule has 6 unspecified atom stereocenters. The van der Waals surface area contributed by atoms with Crippen molar-refractivity contribution in [3.8, 4) is 0 Å². The first-order valence-electron chi connectivity index (χ1n) is 16.3. The second-order valence-electron chi connectivity index (χ2n) is 12.8. The first-order valence-corrected chi connectivity index (χ1v) is 16.3. The summed E-state index contributed by atoms with van der Waals surface area (Å²) in [4.78, 5) is 55.6. The van der Waals surface area contributed by atoms with Gasteiger partial charge in [0.15, 0.2) is 11.9 Å². The molecule has 270 valence electrons. The van der Waals surface area contributed by atoms with Gasteiger partial charge in [-0.05, 0) is 45.2 Å². The fraction of sp³-hybridized carbons (Fsp3) is 0.571. The van der Waals surface area contributed by atoms with Crippen LogP contribution in [0.1, 0.15) is 40.5 Å². The molecule has 1 aliphatic carbocycles. The summed E-state index contributed by atoms with van der Waals surface area (Å²) in [5.74, 6) is -2.63. The molecule has 2 heterocycles. The van der Waals surface area contributed by atoms with Gasteiger partial charge in [0, 0.05) is 57.5 Å². The number of amides is 2. The van der Waals surface area contributed by atoms with Crippen LogP contribution in [0.2, 0.25) is 0 Å². The SMILES string of the molecule is COC1=C2CC(C)CC(OC)C(O)C(C)/C=C(/C)C(OC(N)=O)C(OC)/C=C\C=C(\C)C(=O)NC(=C(/C=N/N3CCN(C)CC3)C1=O)C2=O. The van der Waals surface area contributed by atoms with Crippen LogP contribution >= 0.6 is 0 Å². The maximum Gasteiger partial charge on any atom is 0.405 e. The van der Waals surface area contributed by atoms with Gasteiger partial charge in [-0.3, -0.25) is 19.4 Å². The average molecular weight is 686 g/mol. The van der Waals surface area contributed by atoms with Gasteiger partial charge in [-0.15, -0.1) is 0 Å². The van der Waals surface area contributed by atoms with Crippen LogP contribution < -0.4 is 11.1 Å². The largest absolute Gasteiger partial charge is 0.492 e. The van der Waals surface area contributed by atoms with E-state index in [-0.39, 0.29) is 40.5 Å². The summed E-state index contributed by atoms with van der Waals surface area (Å²) in [5.41, 5.74) is 5.99. The predicted molar refractivity (Wildman–Crippen MR) is 183 cm³/mol. The van der Waals surface area contributed by atoms with Gasteiger partial charge in [-0.1, -0.05) is 38.2 Å². The van der Waals surface area contributed by atoms with Gasteiger partial charge < -0.3 is 40.0 Å². The number of fused-ring (bicyclic) bond motifs is 2. The van der Waals surface area contributed by atoms with Crippen LogP contribution in [0.15, 0.2) is 63.2 Å². The Morgan fingerprint density at radius 1 is 1.06 bits per heavy atom. The number of primary amides is 1. The summed E-state index contributed by atoms with van der Waals surface area (Å²) in [6, 6.07) is 0. The number of ketones is 2. The van der Waals surface area contributed by atoms with Gasteiger partial charge in [0.2, 0.25) is 11.6 Å². The summed E-state index contributed by atoms with van der Waals surface area (Å²) in [7, 11) is 6.25. The minimum atomic E-state index is -1.01. The van der Waals surface area contributed by atoms with Gasteiger partial charge in [-0.25, -0.2) is 4.79 Å². The molecule has 2 bridgehead atoms. The highest BCUT2D eigenvalue weighted by Gasteiger charge is 2.38. The quantitative estimate of drug-likeness (QED) is 0.211. The molecule has 6 atom stereocenters. The van der Waals surface area contributed by atoms with E-state index in [1.165, 1.54) is 33.6 Å². The monoisotopic (exact) mass is 685 g/mol. The maximum absolute atomic E-state index is 14.2. The van der Waals surface area contributed by atoms with Crippen molar-refractivity contribution in [1.29, 1.82) is 0 Å². The first-order chi connectivity index (χ1) is 23.2. The number of likely N-dealkylation sites (N-methyl/N-ethyl adjacent to an activating group) is 1. The van der Waals surface area contributed by atoms with Crippen LogP contribution in [0.3, 0.4) is 0 Å². The molecule has 14 heteroatoms. The number of rotatable bonds is 6. The third-order valence-corrected chi connectivity index (χ3v) is 8.97. The van der Waals surface area contributed by atoms with Gasteiger partial charge in [0.1, 0.15) is 11.8 Å². The number of nitrogens with zero attached hydrogens (tertiary/aromatic N) is 3. The van der Waals surface area contributed by atoms with E-state index in [4.69, 9.17) is 24.7 Å². The molecule has 1 fully saturated rings. The first kappa shape index (κ1) is 39.3. The number of hydrazone groups is 1. The third kappa shape index (κ3) is 10.2. The van der Waals surface area contributed by atoms with E-state index in [9.17, 15) is 24.3 Å². The molecule has 3 rings (SSSR count). The molecule has 0 aromatic heterocycles. The molecule has 4 N–H and O–H groups in total. The molecule has 3 aliphatic rings. The van der Waals surface area contributed by atoms with Crippen molar-refractivity contribution in [3.05, 3.63) is 58.1 Å². The molecule has 0 spiro atoms. The van der Waals surface area contributed by atoms with Crippen LogP contribution in [0, 0.1) is 11.8 Å². The Kier molecular flexibility index (Phi) is 14.5. The van der Waals surface area contributed by atoms with Crippen LogP contribution in [0.25, 0.3) is 0 Å². The highest BCUT2D eigenvalue weighted by molar-refractivity contribution is 6.32. The zero-order valence-corrected chi connectivity index (χ0v) is 29.7. The number of hydrogen-bond donors (Lipinski definition) is 3. The molecular formula is C35H51N5O9. The van der Waals surface area contributed by atoms with Crippen molar-refractivity contribution >= 4 is 29.8 Å². The second kappa shape index (κ2) is 18.0. The van der Waals surface area contributed by atoms with Gasteiger partial charge in [0.25, 0.3) is 5.91 Å². The average Bonchev–Trinajstić information content (AvgIpc) is 3.06. The molecule has 0 radical (unpaired) electrons. The Labute approximate surface area is 288 Å². The topological polar surface area (TPSA) is 182 Å². The molecule has 49 heavy (non-hydrogen) atoms. The van der Waals surface area contributed by atoms with E-state index in [1.807, 2.05) is 14.0 Å². The van der Waals surface area contributed by atoms with E-state index >= 15 is 0 Å². The molecule has 0 aromatic carbocycles. The summed E-state index contributed by atoms with van der Waals surface area (Å²) < 4.78 is 22.2. The van der Waals surface area contributed by atoms with Crippen LogP contribution in [0.4, 0.5) is 4.79 Å². The normalized spacial score (nSPS) is 31.6. The predicted octanol–water partition coefficient (Wildman–Crippen LogP) is 2.01. The highest BCUT2D eigenvalue weighted by Crippen LogP contribution is 2.31. The minimum Gasteiger partial charge on any atom is -0.492 e. The van der Waals surface area contributed by atoms with Crippen molar-refractivity contribution in [3.63, 3.8) is 0 Å². The summed E-state index contributed by atoms with van der Waals surface area (Å²) in [6.45, 7) is 9.76. The molecule has 0 saturated carbocycles. The zero-order chi connectivity index (χ0) is 36.4. The summed E-state index contributed by atoms with van der Waals surface area (Å²) >= 11 is 0. The number of carbonyl (C=O) groups is 4. The van der Waals surface area contributed by atoms with Crippen molar-refractivity contribution < 1.29 is 43.2 Å². The van der Waals surface area contributed by atoms with E-state index < -0.39 is 53.9 Å². The van der Waals surface area contributed by atoms with E-state index in [0.717, 1.165) is 13.1 Å². The van der Waals surface area contributed by atoms with Gasteiger partial charge in [0.05, 0.1) is 31.1 Å². The minimum absolute atomic E-state index is 0.0915. The maximum atomic E-state index is 14.2. The number of aliphatic hydroxyl groups excluding tert-OH is 1. The van der Waals surface area contributed by atoms with E-state index in [2.05, 4.69) is 15.3 Å². The molecular weight excluding hydrogens is 634 g/mol. The number of aliphatic hydroxyl groups is 1. The molecule has 14 nitrogen and oxygen atoms in total. The Morgan fingerprint density at radius 2 is 1.73 bits per heavy atom. The summed E-state index contributed by atoms with van der Waals surface area (Å²) in [5, 5.41) is 20.3. The van der Waals surface area contributed by atoms with Gasteiger partial charge >= 0.3 is 6.09 Å².